The van der Waals surface area contributed by atoms with Crippen LogP contribution in [0.15, 0.2) is 30.3 Å². The first-order chi connectivity index (χ1) is 13.0. The Hall–Kier alpha value is -2.83. The minimum Gasteiger partial charge on any atom is -0.444 e. The predicted octanol–water partition coefficient (Wildman–Crippen LogP) is 3.91. The van der Waals surface area contributed by atoms with Gasteiger partial charge in [-0.3, -0.25) is 14.8 Å². The molecule has 0 radical (unpaired) electrons. The van der Waals surface area contributed by atoms with E-state index in [2.05, 4.69) is 22.7 Å². The van der Waals surface area contributed by atoms with Crippen LogP contribution in [-0.2, 0) is 11.3 Å². The summed E-state index contributed by atoms with van der Waals surface area (Å²) >= 11 is 0. The number of carbonyl (C=O) groups is 2. The van der Waals surface area contributed by atoms with Crippen LogP contribution in [0.4, 0.5) is 10.5 Å². The van der Waals surface area contributed by atoms with E-state index in [4.69, 9.17) is 4.74 Å². The molecular formula is C21H30N4O3. The molecule has 0 saturated heterocycles. The van der Waals surface area contributed by atoms with Crippen molar-refractivity contribution in [3.63, 3.8) is 0 Å². The zero-order valence-corrected chi connectivity index (χ0v) is 17.5. The van der Waals surface area contributed by atoms with Crippen LogP contribution in [0.3, 0.4) is 0 Å². The fraction of sp³-hybridized carbons (Fsp3) is 0.476. The quantitative estimate of drug-likeness (QED) is 0.788. The summed E-state index contributed by atoms with van der Waals surface area (Å²) in [5, 5.41) is 10.0. The number of rotatable bonds is 6. The number of benzene rings is 1. The van der Waals surface area contributed by atoms with Gasteiger partial charge < -0.3 is 10.1 Å². The van der Waals surface area contributed by atoms with Gasteiger partial charge in [0.2, 0.25) is 0 Å². The second-order valence-electron chi connectivity index (χ2n) is 8.13. The Morgan fingerprint density at radius 1 is 1.18 bits per heavy atom. The lowest BCUT2D eigenvalue weighted by atomic mass is 10.1. The van der Waals surface area contributed by atoms with E-state index >= 15 is 0 Å². The van der Waals surface area contributed by atoms with Crippen molar-refractivity contribution in [2.24, 2.45) is 5.92 Å². The zero-order valence-electron chi connectivity index (χ0n) is 17.5. The van der Waals surface area contributed by atoms with Crippen molar-refractivity contribution in [1.29, 1.82) is 0 Å². The van der Waals surface area contributed by atoms with E-state index in [0.717, 1.165) is 17.9 Å². The molecule has 2 amide bonds. The van der Waals surface area contributed by atoms with E-state index in [-0.39, 0.29) is 11.8 Å². The third-order valence-electron chi connectivity index (χ3n) is 3.99. The van der Waals surface area contributed by atoms with Crippen LogP contribution in [0.5, 0.6) is 0 Å². The Kier molecular flexibility index (Phi) is 6.83. The Morgan fingerprint density at radius 3 is 2.36 bits per heavy atom. The van der Waals surface area contributed by atoms with Gasteiger partial charge in [-0.25, -0.2) is 4.79 Å². The van der Waals surface area contributed by atoms with Gasteiger partial charge in [-0.1, -0.05) is 6.92 Å². The first-order valence-corrected chi connectivity index (χ1v) is 9.43. The van der Waals surface area contributed by atoms with Crippen LogP contribution >= 0.6 is 0 Å². The molecule has 0 fully saturated rings. The highest BCUT2D eigenvalue weighted by Crippen LogP contribution is 2.13. The summed E-state index contributed by atoms with van der Waals surface area (Å²) in [6.45, 7) is 12.8. The highest BCUT2D eigenvalue weighted by Gasteiger charge is 2.16. The Labute approximate surface area is 166 Å². The second-order valence-corrected chi connectivity index (χ2v) is 8.13. The maximum absolute atomic E-state index is 12.3. The summed E-state index contributed by atoms with van der Waals surface area (Å²) in [4.78, 5) is 24.1. The van der Waals surface area contributed by atoms with Crippen LogP contribution in [0.25, 0.3) is 0 Å². The first kappa shape index (κ1) is 21.5. The molecule has 0 aliphatic carbocycles. The van der Waals surface area contributed by atoms with Crippen molar-refractivity contribution in [2.75, 3.05) is 11.9 Å². The van der Waals surface area contributed by atoms with Crippen molar-refractivity contribution in [2.45, 2.75) is 53.7 Å². The number of nitrogens with zero attached hydrogens (tertiary/aromatic N) is 2. The molecule has 0 unspecified atom stereocenters. The van der Waals surface area contributed by atoms with Crippen molar-refractivity contribution in [3.8, 4) is 0 Å². The van der Waals surface area contributed by atoms with E-state index in [1.807, 2.05) is 24.6 Å². The minimum atomic E-state index is -0.561. The number of aryl methyl sites for hydroxylation is 2. The number of ether oxygens (including phenoxy) is 1. The van der Waals surface area contributed by atoms with Gasteiger partial charge in [0.15, 0.2) is 0 Å². The van der Waals surface area contributed by atoms with E-state index in [1.165, 1.54) is 0 Å². The van der Waals surface area contributed by atoms with Crippen LogP contribution in [0.2, 0.25) is 0 Å². The maximum atomic E-state index is 12.3. The molecular weight excluding hydrogens is 356 g/mol. The average Bonchev–Trinajstić information content (AvgIpc) is 2.88. The van der Waals surface area contributed by atoms with E-state index in [0.29, 0.717) is 17.8 Å². The molecule has 152 valence electrons. The van der Waals surface area contributed by atoms with E-state index in [9.17, 15) is 9.59 Å². The Balaban J connectivity index is 1.83. The summed E-state index contributed by atoms with van der Waals surface area (Å²) in [5.74, 6) is 0.0964. The minimum absolute atomic E-state index is 0.149. The zero-order chi connectivity index (χ0) is 20.9. The number of hydrogen-bond acceptors (Lipinski definition) is 4. The highest BCUT2D eigenvalue weighted by atomic mass is 16.6. The number of carbonyl (C=O) groups excluding carboxylic acids is 2. The normalized spacial score (nSPS) is 12.4. The summed E-state index contributed by atoms with van der Waals surface area (Å²) in [7, 11) is 0. The molecule has 0 bridgehead atoms. The Morgan fingerprint density at radius 2 is 1.82 bits per heavy atom. The van der Waals surface area contributed by atoms with Gasteiger partial charge in [-0.2, -0.15) is 5.10 Å². The highest BCUT2D eigenvalue weighted by molar-refractivity contribution is 5.95. The molecule has 0 aliphatic rings. The molecule has 2 aromatic rings. The molecule has 28 heavy (non-hydrogen) atoms. The van der Waals surface area contributed by atoms with Gasteiger partial charge in [0, 0.05) is 30.0 Å². The van der Waals surface area contributed by atoms with Crippen LogP contribution < -0.4 is 10.6 Å². The lowest BCUT2D eigenvalue weighted by Gasteiger charge is -2.19. The molecule has 7 nitrogen and oxygen atoms in total. The standard InChI is InChI=1S/C21H30N4O3/c1-14(13-25-16(3)11-15(2)24-25)12-22-19(26)17-7-9-18(10-8-17)23-20(27)28-21(4,5)6/h7-11,14H,12-13H2,1-6H3,(H,22,26)(H,23,27)/t14-/m1/s1. The van der Waals surface area contributed by atoms with E-state index < -0.39 is 11.7 Å². The topological polar surface area (TPSA) is 85.2 Å². The second kappa shape index (κ2) is 8.91. The maximum Gasteiger partial charge on any atom is 0.412 e. The number of hydrogen-bond donors (Lipinski definition) is 2. The van der Waals surface area contributed by atoms with Gasteiger partial charge in [-0.05, 0) is 70.9 Å². The molecule has 1 aromatic heterocycles. The van der Waals surface area contributed by atoms with Gasteiger partial charge in [-0.15, -0.1) is 0 Å². The molecule has 0 saturated carbocycles. The number of aromatic nitrogens is 2. The van der Waals surface area contributed by atoms with Gasteiger partial charge >= 0.3 is 6.09 Å². The molecule has 1 atom stereocenters. The summed E-state index contributed by atoms with van der Waals surface area (Å²) < 4.78 is 7.17. The van der Waals surface area contributed by atoms with Crippen LogP contribution in [0.1, 0.15) is 49.4 Å². The predicted molar refractivity (Wildman–Crippen MR) is 109 cm³/mol. The van der Waals surface area contributed by atoms with Crippen LogP contribution in [0, 0.1) is 19.8 Å². The van der Waals surface area contributed by atoms with Crippen molar-refractivity contribution in [1.82, 2.24) is 15.1 Å². The number of nitrogens with one attached hydrogen (secondary N) is 2. The molecule has 2 rings (SSSR count). The SMILES string of the molecule is Cc1cc(C)n(C[C@H](C)CNC(=O)c2ccc(NC(=O)OC(C)(C)C)cc2)n1. The molecule has 7 heteroatoms. The molecule has 2 N–H and O–H groups in total. The average molecular weight is 386 g/mol. The molecule has 0 aliphatic heterocycles. The van der Waals surface area contributed by atoms with Crippen molar-refractivity contribution >= 4 is 17.7 Å². The number of amides is 2. The number of anilines is 1. The molecule has 1 aromatic carbocycles. The van der Waals surface area contributed by atoms with Crippen LogP contribution in [-0.4, -0.2) is 33.9 Å². The lowest BCUT2D eigenvalue weighted by Crippen LogP contribution is -2.30. The fourth-order valence-corrected chi connectivity index (χ4v) is 2.71. The van der Waals surface area contributed by atoms with Gasteiger partial charge in [0.05, 0.1) is 5.69 Å². The smallest absolute Gasteiger partial charge is 0.412 e. The van der Waals surface area contributed by atoms with Gasteiger partial charge in [0.25, 0.3) is 5.91 Å². The summed E-state index contributed by atoms with van der Waals surface area (Å²) in [6, 6.07) is 8.75. The third-order valence-corrected chi connectivity index (χ3v) is 3.99. The van der Waals surface area contributed by atoms with Crippen molar-refractivity contribution < 1.29 is 14.3 Å². The monoisotopic (exact) mass is 386 g/mol. The first-order valence-electron chi connectivity index (χ1n) is 9.43. The summed E-state index contributed by atoms with van der Waals surface area (Å²) in [6.07, 6.45) is -0.525. The molecule has 1 heterocycles. The Bertz CT molecular complexity index is 819. The largest absolute Gasteiger partial charge is 0.444 e. The van der Waals surface area contributed by atoms with Gasteiger partial charge in [0.1, 0.15) is 5.60 Å². The van der Waals surface area contributed by atoms with Crippen molar-refractivity contribution in [3.05, 3.63) is 47.3 Å². The summed E-state index contributed by atoms with van der Waals surface area (Å²) in [5.41, 5.74) is 2.66. The van der Waals surface area contributed by atoms with E-state index in [1.54, 1.807) is 45.0 Å². The third kappa shape index (κ3) is 6.72. The fourth-order valence-electron chi connectivity index (χ4n) is 2.71. The molecule has 0 spiro atoms. The lowest BCUT2D eigenvalue weighted by molar-refractivity contribution is 0.0635.